The maximum Gasteiger partial charge on any atom is 0.0572 e. The highest BCUT2D eigenvalue weighted by molar-refractivity contribution is 5.42. The molecule has 0 heteroatoms. The van der Waals surface area contributed by atoms with Crippen LogP contribution in [0.2, 0.25) is 0 Å². The normalized spacial score (nSPS) is 12.9. The zero-order valence-electron chi connectivity index (χ0n) is 12.2. The Hall–Kier alpha value is -2.26. The highest BCUT2D eigenvalue weighted by atomic mass is 14.2. The van der Waals surface area contributed by atoms with Crippen molar-refractivity contribution in [2.45, 2.75) is 25.7 Å². The Balaban J connectivity index is 2.37. The molecule has 1 atom stereocenters. The first-order valence-electron chi connectivity index (χ1n) is 6.90. The fraction of sp³-hybridized carbons (Fsp3) is 0.200. The summed E-state index contributed by atoms with van der Waals surface area (Å²) in [4.78, 5) is 0. The van der Waals surface area contributed by atoms with Crippen LogP contribution in [0, 0.1) is 18.8 Å². The average Bonchev–Trinajstić information content (AvgIpc) is 2.47. The van der Waals surface area contributed by atoms with Gasteiger partial charge in [-0.3, -0.25) is 0 Å². The summed E-state index contributed by atoms with van der Waals surface area (Å²) in [5.41, 5.74) is 3.37. The van der Waals surface area contributed by atoms with E-state index in [4.69, 9.17) is 0 Å². The van der Waals surface area contributed by atoms with Crippen LogP contribution in [0.1, 0.15) is 30.0 Å². The minimum atomic E-state index is -0.189. The van der Waals surface area contributed by atoms with Crippen LogP contribution in [-0.4, -0.2) is 0 Å². The Kier molecular flexibility index (Phi) is 4.43. The molecule has 0 aliphatic heterocycles. The summed E-state index contributed by atoms with van der Waals surface area (Å²) in [5, 5.41) is 0. The van der Waals surface area contributed by atoms with E-state index in [1.165, 1.54) is 11.1 Å². The van der Waals surface area contributed by atoms with Gasteiger partial charge in [0.25, 0.3) is 0 Å². The number of allylic oxidation sites excluding steroid dienone is 1. The highest BCUT2D eigenvalue weighted by Crippen LogP contribution is 2.27. The molecule has 2 aromatic rings. The standard InChI is InChI=1S/C20H20/c1-4-15-20(3,19-12-10-17(2)11-13-19)16-14-18-8-6-5-7-9-18/h4-13H,1,15H2,2-3H3. The lowest BCUT2D eigenvalue weighted by Gasteiger charge is -2.22. The maximum atomic E-state index is 3.88. The second-order valence-electron chi connectivity index (χ2n) is 5.31. The van der Waals surface area contributed by atoms with Gasteiger partial charge in [0.15, 0.2) is 0 Å². The molecule has 2 rings (SSSR count). The van der Waals surface area contributed by atoms with Gasteiger partial charge in [-0.2, -0.15) is 0 Å². The lowest BCUT2D eigenvalue weighted by molar-refractivity contribution is 0.631. The first kappa shape index (κ1) is 14.2. The van der Waals surface area contributed by atoms with Crippen molar-refractivity contribution in [3.05, 3.63) is 83.9 Å². The molecule has 20 heavy (non-hydrogen) atoms. The van der Waals surface area contributed by atoms with Crippen molar-refractivity contribution in [2.24, 2.45) is 0 Å². The maximum absolute atomic E-state index is 3.88. The second-order valence-corrected chi connectivity index (χ2v) is 5.31. The van der Waals surface area contributed by atoms with E-state index in [0.29, 0.717) is 0 Å². The van der Waals surface area contributed by atoms with Crippen molar-refractivity contribution in [2.75, 3.05) is 0 Å². The predicted octanol–water partition coefficient (Wildman–Crippen LogP) is 4.88. The number of rotatable bonds is 3. The fourth-order valence-electron chi connectivity index (χ4n) is 2.18. The van der Waals surface area contributed by atoms with Crippen LogP contribution in [0.5, 0.6) is 0 Å². The third-order valence-electron chi connectivity index (χ3n) is 3.50. The molecule has 0 saturated heterocycles. The fourth-order valence-corrected chi connectivity index (χ4v) is 2.18. The molecule has 1 unspecified atom stereocenters. The topological polar surface area (TPSA) is 0 Å². The predicted molar refractivity (Wildman–Crippen MR) is 86.7 cm³/mol. The van der Waals surface area contributed by atoms with Gasteiger partial charge in [-0.1, -0.05) is 65.9 Å². The van der Waals surface area contributed by atoms with E-state index in [2.05, 4.69) is 56.5 Å². The van der Waals surface area contributed by atoms with E-state index in [1.807, 2.05) is 36.4 Å². The number of benzene rings is 2. The van der Waals surface area contributed by atoms with Crippen LogP contribution in [-0.2, 0) is 5.41 Å². The number of hydrogen-bond donors (Lipinski definition) is 0. The van der Waals surface area contributed by atoms with Gasteiger partial charge >= 0.3 is 0 Å². The monoisotopic (exact) mass is 260 g/mol. The summed E-state index contributed by atoms with van der Waals surface area (Å²) in [7, 11) is 0. The van der Waals surface area contributed by atoms with Gasteiger partial charge in [0.2, 0.25) is 0 Å². The summed E-state index contributed by atoms with van der Waals surface area (Å²) >= 11 is 0. The Morgan fingerprint density at radius 2 is 1.70 bits per heavy atom. The van der Waals surface area contributed by atoms with E-state index in [0.717, 1.165) is 12.0 Å². The van der Waals surface area contributed by atoms with E-state index >= 15 is 0 Å². The van der Waals surface area contributed by atoms with Crippen LogP contribution in [0.25, 0.3) is 0 Å². The van der Waals surface area contributed by atoms with Crippen molar-refractivity contribution in [1.29, 1.82) is 0 Å². The van der Waals surface area contributed by atoms with Gasteiger partial charge in [-0.15, -0.1) is 6.58 Å². The molecule has 100 valence electrons. The van der Waals surface area contributed by atoms with Crippen molar-refractivity contribution in [1.82, 2.24) is 0 Å². The van der Waals surface area contributed by atoms with Crippen LogP contribution in [0.3, 0.4) is 0 Å². The zero-order chi connectivity index (χ0) is 14.4. The third kappa shape index (κ3) is 3.39. The van der Waals surface area contributed by atoms with Crippen molar-refractivity contribution < 1.29 is 0 Å². The SMILES string of the molecule is C=CCC(C)(C#Cc1ccccc1)c1ccc(C)cc1. The van der Waals surface area contributed by atoms with Gasteiger partial charge in [-0.05, 0) is 38.0 Å². The average molecular weight is 260 g/mol. The molecule has 2 aromatic carbocycles. The van der Waals surface area contributed by atoms with E-state index < -0.39 is 0 Å². The van der Waals surface area contributed by atoms with Crippen molar-refractivity contribution in [3.63, 3.8) is 0 Å². The molecule has 0 aromatic heterocycles. The first-order chi connectivity index (χ1) is 9.64. The van der Waals surface area contributed by atoms with Gasteiger partial charge in [0, 0.05) is 5.56 Å². The smallest absolute Gasteiger partial charge is 0.0572 e. The van der Waals surface area contributed by atoms with Crippen LogP contribution >= 0.6 is 0 Å². The molecular formula is C20H20. The molecule has 0 nitrogen and oxygen atoms in total. The summed E-state index contributed by atoms with van der Waals surface area (Å²) in [5.74, 6) is 6.71. The Labute approximate surface area is 122 Å². The minimum absolute atomic E-state index is 0.189. The lowest BCUT2D eigenvalue weighted by Crippen LogP contribution is -2.18. The lowest BCUT2D eigenvalue weighted by atomic mass is 9.79. The summed E-state index contributed by atoms with van der Waals surface area (Å²) < 4.78 is 0. The molecular weight excluding hydrogens is 240 g/mol. The Morgan fingerprint density at radius 1 is 1.05 bits per heavy atom. The summed E-state index contributed by atoms with van der Waals surface area (Å²) in [6, 6.07) is 18.7. The largest absolute Gasteiger partial charge is 0.103 e. The van der Waals surface area contributed by atoms with E-state index in [9.17, 15) is 0 Å². The molecule has 0 bridgehead atoms. The van der Waals surface area contributed by atoms with Gasteiger partial charge in [0.05, 0.1) is 5.41 Å². The Bertz CT molecular complexity index is 623. The van der Waals surface area contributed by atoms with Crippen molar-refractivity contribution in [3.8, 4) is 11.8 Å². The quantitative estimate of drug-likeness (QED) is 0.545. The number of aryl methyl sites for hydroxylation is 1. The minimum Gasteiger partial charge on any atom is -0.103 e. The third-order valence-corrected chi connectivity index (χ3v) is 3.50. The molecule has 0 fully saturated rings. The summed E-state index contributed by atoms with van der Waals surface area (Å²) in [6.45, 7) is 8.15. The molecule has 0 N–H and O–H groups in total. The van der Waals surface area contributed by atoms with E-state index in [-0.39, 0.29) is 5.41 Å². The van der Waals surface area contributed by atoms with Crippen LogP contribution in [0.4, 0.5) is 0 Å². The number of hydrogen-bond acceptors (Lipinski definition) is 0. The van der Waals surface area contributed by atoms with Crippen molar-refractivity contribution >= 4 is 0 Å². The van der Waals surface area contributed by atoms with E-state index in [1.54, 1.807) is 0 Å². The van der Waals surface area contributed by atoms with Crippen LogP contribution < -0.4 is 0 Å². The molecule has 0 radical (unpaired) electrons. The highest BCUT2D eigenvalue weighted by Gasteiger charge is 2.22. The van der Waals surface area contributed by atoms with Gasteiger partial charge < -0.3 is 0 Å². The molecule has 0 spiro atoms. The second kappa shape index (κ2) is 6.26. The van der Waals surface area contributed by atoms with Gasteiger partial charge in [0.1, 0.15) is 0 Å². The zero-order valence-corrected chi connectivity index (χ0v) is 12.2. The molecule has 0 saturated carbocycles. The molecule has 0 heterocycles. The van der Waals surface area contributed by atoms with Crippen LogP contribution in [0.15, 0.2) is 67.3 Å². The summed E-state index contributed by atoms with van der Waals surface area (Å²) in [6.07, 6.45) is 2.79. The molecule has 0 amide bonds. The first-order valence-corrected chi connectivity index (χ1v) is 6.90. The Morgan fingerprint density at radius 3 is 2.30 bits per heavy atom. The van der Waals surface area contributed by atoms with Gasteiger partial charge in [-0.25, -0.2) is 0 Å². The molecule has 0 aliphatic rings. The molecule has 0 aliphatic carbocycles.